The van der Waals surface area contributed by atoms with Gasteiger partial charge in [-0.05, 0) is 37.0 Å². The van der Waals surface area contributed by atoms with Crippen LogP contribution in [0.4, 0.5) is 0 Å². The fraction of sp³-hybridized carbons (Fsp3) is 0.571. The minimum absolute atomic E-state index is 0.0923. The standard InChI is InChI=1S/C14H19NO2/c16-13-6-4-11(5-7-13)14-15-9-2-1-3-12(15)8-10-17-14/h4-7,12,14,16H,1-3,8-10H2/t12-,14-/m1/s1. The number of aromatic hydroxyl groups is 1. The van der Waals surface area contributed by atoms with E-state index < -0.39 is 0 Å². The number of ether oxygens (including phenoxy) is 1. The van der Waals surface area contributed by atoms with Gasteiger partial charge in [0, 0.05) is 12.6 Å². The fourth-order valence-electron chi connectivity index (χ4n) is 2.98. The van der Waals surface area contributed by atoms with Gasteiger partial charge in [0.25, 0.3) is 0 Å². The summed E-state index contributed by atoms with van der Waals surface area (Å²) in [4.78, 5) is 2.49. The molecule has 92 valence electrons. The molecular formula is C14H19NO2. The van der Waals surface area contributed by atoms with Crippen LogP contribution in [0.1, 0.15) is 37.5 Å². The zero-order chi connectivity index (χ0) is 11.7. The SMILES string of the molecule is Oc1ccc([C@H]2OCC[C@H]3CCCCN32)cc1. The van der Waals surface area contributed by atoms with Crippen LogP contribution in [-0.4, -0.2) is 29.2 Å². The Labute approximate surface area is 102 Å². The summed E-state index contributed by atoms with van der Waals surface area (Å²) in [6.45, 7) is 1.99. The molecule has 0 radical (unpaired) electrons. The Hall–Kier alpha value is -1.06. The summed E-state index contributed by atoms with van der Waals surface area (Å²) in [7, 11) is 0. The van der Waals surface area contributed by atoms with Crippen molar-refractivity contribution < 1.29 is 9.84 Å². The molecule has 0 bridgehead atoms. The van der Waals surface area contributed by atoms with Gasteiger partial charge in [0.2, 0.25) is 0 Å². The van der Waals surface area contributed by atoms with Gasteiger partial charge in [-0.15, -0.1) is 0 Å². The maximum atomic E-state index is 9.33. The van der Waals surface area contributed by atoms with Gasteiger partial charge in [-0.2, -0.15) is 0 Å². The summed E-state index contributed by atoms with van der Waals surface area (Å²) in [5, 5.41) is 9.33. The largest absolute Gasteiger partial charge is 0.508 e. The molecule has 2 aliphatic rings. The first kappa shape index (κ1) is 11.1. The Morgan fingerprint density at radius 3 is 2.76 bits per heavy atom. The quantitative estimate of drug-likeness (QED) is 0.809. The Morgan fingerprint density at radius 1 is 1.12 bits per heavy atom. The van der Waals surface area contributed by atoms with E-state index in [2.05, 4.69) is 4.90 Å². The highest BCUT2D eigenvalue weighted by molar-refractivity contribution is 5.27. The van der Waals surface area contributed by atoms with Crippen LogP contribution in [0.5, 0.6) is 5.75 Å². The van der Waals surface area contributed by atoms with Crippen LogP contribution < -0.4 is 0 Å². The second kappa shape index (κ2) is 4.67. The van der Waals surface area contributed by atoms with Crippen molar-refractivity contribution in [3.63, 3.8) is 0 Å². The van der Waals surface area contributed by atoms with E-state index in [1.54, 1.807) is 12.1 Å². The molecule has 0 amide bonds. The molecule has 0 unspecified atom stereocenters. The minimum atomic E-state index is 0.0923. The molecule has 0 aliphatic carbocycles. The van der Waals surface area contributed by atoms with Crippen molar-refractivity contribution in [1.29, 1.82) is 0 Å². The van der Waals surface area contributed by atoms with E-state index in [-0.39, 0.29) is 6.23 Å². The van der Waals surface area contributed by atoms with Gasteiger partial charge >= 0.3 is 0 Å². The Kier molecular flexibility index (Phi) is 3.04. The predicted octanol–water partition coefficient (Wildman–Crippen LogP) is 2.67. The van der Waals surface area contributed by atoms with Crippen LogP contribution in [0.3, 0.4) is 0 Å². The second-order valence-corrected chi connectivity index (χ2v) is 4.99. The lowest BCUT2D eigenvalue weighted by Gasteiger charge is -2.44. The molecule has 3 nitrogen and oxygen atoms in total. The van der Waals surface area contributed by atoms with E-state index in [4.69, 9.17) is 4.74 Å². The molecule has 2 heterocycles. The smallest absolute Gasteiger partial charge is 0.137 e. The third-order valence-corrected chi connectivity index (χ3v) is 3.88. The predicted molar refractivity (Wildman–Crippen MR) is 65.8 cm³/mol. The number of nitrogens with zero attached hydrogens (tertiary/aromatic N) is 1. The molecule has 2 aliphatic heterocycles. The highest BCUT2D eigenvalue weighted by atomic mass is 16.5. The summed E-state index contributed by atoms with van der Waals surface area (Å²) < 4.78 is 5.92. The number of benzene rings is 1. The Bertz CT molecular complexity index is 374. The van der Waals surface area contributed by atoms with Crippen LogP contribution in [0.15, 0.2) is 24.3 Å². The molecule has 3 heteroatoms. The number of piperidine rings is 1. The molecular weight excluding hydrogens is 214 g/mol. The van der Waals surface area contributed by atoms with Crippen molar-refractivity contribution in [3.05, 3.63) is 29.8 Å². The Morgan fingerprint density at radius 2 is 1.94 bits per heavy atom. The lowest BCUT2D eigenvalue weighted by Crippen LogP contribution is -2.47. The normalized spacial score (nSPS) is 29.9. The first-order valence-corrected chi connectivity index (χ1v) is 6.51. The average molecular weight is 233 g/mol. The van der Waals surface area contributed by atoms with Crippen molar-refractivity contribution in [2.45, 2.75) is 38.0 Å². The summed E-state index contributed by atoms with van der Waals surface area (Å²) in [5.41, 5.74) is 1.16. The van der Waals surface area contributed by atoms with Crippen molar-refractivity contribution in [2.75, 3.05) is 13.2 Å². The topological polar surface area (TPSA) is 32.7 Å². The third-order valence-electron chi connectivity index (χ3n) is 3.88. The van der Waals surface area contributed by atoms with Gasteiger partial charge in [-0.1, -0.05) is 18.6 Å². The monoisotopic (exact) mass is 233 g/mol. The molecule has 0 aromatic heterocycles. The van der Waals surface area contributed by atoms with Crippen molar-refractivity contribution >= 4 is 0 Å². The molecule has 2 saturated heterocycles. The van der Waals surface area contributed by atoms with Crippen LogP contribution in [0.25, 0.3) is 0 Å². The molecule has 2 fully saturated rings. The number of fused-ring (bicyclic) bond motifs is 1. The summed E-state index contributed by atoms with van der Waals surface area (Å²) in [6, 6.07) is 8.11. The van der Waals surface area contributed by atoms with Crippen molar-refractivity contribution in [3.8, 4) is 5.75 Å². The highest BCUT2D eigenvalue weighted by Gasteiger charge is 2.33. The summed E-state index contributed by atoms with van der Waals surface area (Å²) in [5.74, 6) is 0.319. The zero-order valence-corrected chi connectivity index (χ0v) is 10.0. The van der Waals surface area contributed by atoms with Gasteiger partial charge in [-0.25, -0.2) is 0 Å². The van der Waals surface area contributed by atoms with Crippen LogP contribution in [0.2, 0.25) is 0 Å². The molecule has 2 atom stereocenters. The van der Waals surface area contributed by atoms with Crippen molar-refractivity contribution in [2.24, 2.45) is 0 Å². The number of phenols is 1. The van der Waals surface area contributed by atoms with Gasteiger partial charge in [0.05, 0.1) is 6.61 Å². The third kappa shape index (κ3) is 2.17. The minimum Gasteiger partial charge on any atom is -0.508 e. The van der Waals surface area contributed by atoms with E-state index in [0.29, 0.717) is 11.8 Å². The molecule has 3 rings (SSSR count). The molecule has 17 heavy (non-hydrogen) atoms. The van der Waals surface area contributed by atoms with Gasteiger partial charge in [0.1, 0.15) is 12.0 Å². The van der Waals surface area contributed by atoms with Crippen LogP contribution >= 0.6 is 0 Å². The maximum Gasteiger partial charge on any atom is 0.137 e. The number of rotatable bonds is 1. The lowest BCUT2D eigenvalue weighted by molar-refractivity contribution is -0.136. The summed E-state index contributed by atoms with van der Waals surface area (Å²) in [6.07, 6.45) is 5.18. The van der Waals surface area contributed by atoms with E-state index >= 15 is 0 Å². The van der Waals surface area contributed by atoms with Gasteiger partial charge < -0.3 is 9.84 Å². The molecule has 0 spiro atoms. The molecule has 1 aromatic carbocycles. The van der Waals surface area contributed by atoms with E-state index in [1.165, 1.54) is 19.3 Å². The van der Waals surface area contributed by atoms with E-state index in [9.17, 15) is 5.11 Å². The second-order valence-electron chi connectivity index (χ2n) is 4.99. The lowest BCUT2D eigenvalue weighted by atomic mass is 9.96. The first-order valence-electron chi connectivity index (χ1n) is 6.51. The van der Waals surface area contributed by atoms with Gasteiger partial charge in [-0.3, -0.25) is 4.90 Å². The molecule has 0 saturated carbocycles. The van der Waals surface area contributed by atoms with E-state index in [0.717, 1.165) is 25.1 Å². The number of hydrogen-bond donors (Lipinski definition) is 1. The maximum absolute atomic E-state index is 9.33. The van der Waals surface area contributed by atoms with Crippen LogP contribution in [-0.2, 0) is 4.74 Å². The summed E-state index contributed by atoms with van der Waals surface area (Å²) >= 11 is 0. The average Bonchev–Trinajstić information content (AvgIpc) is 2.39. The number of hydrogen-bond acceptors (Lipinski definition) is 3. The zero-order valence-electron chi connectivity index (χ0n) is 10.0. The highest BCUT2D eigenvalue weighted by Crippen LogP contribution is 2.35. The van der Waals surface area contributed by atoms with Crippen LogP contribution in [0, 0.1) is 0 Å². The van der Waals surface area contributed by atoms with Gasteiger partial charge in [0.15, 0.2) is 0 Å². The van der Waals surface area contributed by atoms with E-state index in [1.807, 2.05) is 12.1 Å². The van der Waals surface area contributed by atoms with Crippen molar-refractivity contribution in [1.82, 2.24) is 4.90 Å². The molecule has 1 N–H and O–H groups in total. The number of phenolic OH excluding ortho intramolecular Hbond substituents is 1. The fourth-order valence-corrected chi connectivity index (χ4v) is 2.98. The molecule has 1 aromatic rings. The first-order chi connectivity index (χ1) is 8.34. The Balaban J connectivity index is 1.83.